The molecule has 1 unspecified atom stereocenters. The van der Waals surface area contributed by atoms with Gasteiger partial charge in [0.25, 0.3) is 5.91 Å². The van der Waals surface area contributed by atoms with E-state index in [0.717, 1.165) is 5.56 Å². The molecule has 0 bridgehead atoms. The first-order chi connectivity index (χ1) is 13.1. The summed E-state index contributed by atoms with van der Waals surface area (Å²) in [7, 11) is 2.98. The fourth-order valence-corrected chi connectivity index (χ4v) is 3.55. The SMILES string of the molecule is COc1c2c(c(O)c3ncccc13)C(=O)N(Cc1ccc(F)cc1)C2OC. The van der Waals surface area contributed by atoms with E-state index < -0.39 is 12.1 Å². The number of carbonyl (C=O) groups excluding carboxylic acids is 1. The molecule has 6 nitrogen and oxygen atoms in total. The maximum Gasteiger partial charge on any atom is 0.260 e. The molecule has 138 valence electrons. The van der Waals surface area contributed by atoms with Gasteiger partial charge in [-0.25, -0.2) is 4.39 Å². The van der Waals surface area contributed by atoms with Crippen LogP contribution in [0, 0.1) is 5.82 Å². The molecule has 1 amide bonds. The van der Waals surface area contributed by atoms with Crippen LogP contribution in [0.4, 0.5) is 4.39 Å². The van der Waals surface area contributed by atoms with E-state index in [0.29, 0.717) is 22.2 Å². The van der Waals surface area contributed by atoms with E-state index in [1.54, 1.807) is 24.3 Å². The molecule has 0 aliphatic carbocycles. The van der Waals surface area contributed by atoms with Gasteiger partial charge in [0.2, 0.25) is 0 Å². The monoisotopic (exact) mass is 368 g/mol. The third kappa shape index (κ3) is 2.59. The summed E-state index contributed by atoms with van der Waals surface area (Å²) in [6.07, 6.45) is 0.792. The Kier molecular flexibility index (Phi) is 4.16. The van der Waals surface area contributed by atoms with E-state index in [1.807, 2.05) is 0 Å². The molecule has 1 aliphatic rings. The number of halogens is 1. The van der Waals surface area contributed by atoms with Crippen molar-refractivity contribution >= 4 is 16.8 Å². The Morgan fingerprint density at radius 2 is 1.96 bits per heavy atom. The predicted molar refractivity (Wildman–Crippen MR) is 96.0 cm³/mol. The molecule has 2 heterocycles. The summed E-state index contributed by atoms with van der Waals surface area (Å²) in [6.45, 7) is 0.193. The third-order valence-electron chi connectivity index (χ3n) is 4.73. The van der Waals surface area contributed by atoms with E-state index >= 15 is 0 Å². The van der Waals surface area contributed by atoms with Gasteiger partial charge in [0.05, 0.1) is 18.2 Å². The Morgan fingerprint density at radius 3 is 2.63 bits per heavy atom. The molecule has 1 N–H and O–H groups in total. The van der Waals surface area contributed by atoms with Crippen molar-refractivity contribution in [2.75, 3.05) is 14.2 Å². The lowest BCUT2D eigenvalue weighted by Gasteiger charge is -2.24. The minimum atomic E-state index is -0.747. The number of carbonyl (C=O) groups is 1. The molecule has 2 aromatic carbocycles. The molecule has 4 rings (SSSR count). The average Bonchev–Trinajstić information content (AvgIpc) is 2.96. The second kappa shape index (κ2) is 6.51. The highest BCUT2D eigenvalue weighted by molar-refractivity contribution is 6.09. The molecule has 1 aliphatic heterocycles. The second-order valence-electron chi connectivity index (χ2n) is 6.22. The topological polar surface area (TPSA) is 71.9 Å². The molecular formula is C20H17FN2O4. The Labute approximate surface area is 154 Å². The van der Waals surface area contributed by atoms with Crippen molar-refractivity contribution in [2.45, 2.75) is 12.8 Å². The number of nitrogens with zero attached hydrogens (tertiary/aromatic N) is 2. The number of benzene rings is 2. The normalized spacial score (nSPS) is 16.0. The fourth-order valence-electron chi connectivity index (χ4n) is 3.55. The lowest BCUT2D eigenvalue weighted by atomic mass is 10.0. The molecule has 0 saturated heterocycles. The van der Waals surface area contributed by atoms with Crippen LogP contribution in [0.25, 0.3) is 10.9 Å². The summed E-state index contributed by atoms with van der Waals surface area (Å²) in [5.74, 6) is -0.512. The first-order valence-corrected chi connectivity index (χ1v) is 8.32. The van der Waals surface area contributed by atoms with Gasteiger partial charge < -0.3 is 19.5 Å². The van der Waals surface area contributed by atoms with Crippen molar-refractivity contribution in [3.05, 3.63) is 65.1 Å². The summed E-state index contributed by atoms with van der Waals surface area (Å²) in [4.78, 5) is 18.8. The molecular weight excluding hydrogens is 351 g/mol. The quantitative estimate of drug-likeness (QED) is 0.764. The van der Waals surface area contributed by atoms with Crippen LogP contribution in [0.1, 0.15) is 27.7 Å². The highest BCUT2D eigenvalue weighted by Crippen LogP contribution is 2.49. The number of methoxy groups -OCH3 is 2. The number of rotatable bonds is 4. The van der Waals surface area contributed by atoms with Gasteiger partial charge in [-0.1, -0.05) is 12.1 Å². The van der Waals surface area contributed by atoms with E-state index in [2.05, 4.69) is 4.98 Å². The number of phenolic OH excluding ortho intramolecular Hbond substituents is 1. The molecule has 3 aromatic rings. The fraction of sp³-hybridized carbons (Fsp3) is 0.200. The summed E-state index contributed by atoms with van der Waals surface area (Å²) in [5, 5.41) is 11.3. The van der Waals surface area contributed by atoms with Crippen LogP contribution in [0.5, 0.6) is 11.5 Å². The number of amides is 1. The number of ether oxygens (including phenoxy) is 2. The number of aromatic nitrogens is 1. The Balaban J connectivity index is 1.88. The second-order valence-corrected chi connectivity index (χ2v) is 6.22. The standard InChI is InChI=1S/C20H17FN2O4/c1-26-18-13-4-3-9-22-16(13)17(24)14-15(18)20(27-2)23(19(14)25)10-11-5-7-12(21)8-6-11/h3-9,20,24H,10H2,1-2H3. The zero-order valence-electron chi connectivity index (χ0n) is 14.8. The summed E-state index contributed by atoms with van der Waals surface area (Å²) >= 11 is 0. The van der Waals surface area contributed by atoms with Crippen LogP contribution < -0.4 is 4.74 Å². The molecule has 7 heteroatoms. The zero-order valence-corrected chi connectivity index (χ0v) is 14.8. The van der Waals surface area contributed by atoms with Gasteiger partial charge >= 0.3 is 0 Å². The molecule has 1 aromatic heterocycles. The summed E-state index contributed by atoms with van der Waals surface area (Å²) in [6, 6.07) is 9.37. The van der Waals surface area contributed by atoms with Crippen LogP contribution in [0.15, 0.2) is 42.6 Å². The number of hydrogen-bond donors (Lipinski definition) is 1. The lowest BCUT2D eigenvalue weighted by Crippen LogP contribution is -2.28. The highest BCUT2D eigenvalue weighted by atomic mass is 19.1. The van der Waals surface area contributed by atoms with Crippen molar-refractivity contribution in [2.24, 2.45) is 0 Å². The first kappa shape index (κ1) is 17.2. The van der Waals surface area contributed by atoms with Crippen molar-refractivity contribution in [3.63, 3.8) is 0 Å². The number of aromatic hydroxyl groups is 1. The van der Waals surface area contributed by atoms with Crippen molar-refractivity contribution in [1.29, 1.82) is 0 Å². The van der Waals surface area contributed by atoms with E-state index in [9.17, 15) is 14.3 Å². The molecule has 0 radical (unpaired) electrons. The van der Waals surface area contributed by atoms with Gasteiger partial charge in [-0.15, -0.1) is 0 Å². The summed E-state index contributed by atoms with van der Waals surface area (Å²) < 4.78 is 24.3. The van der Waals surface area contributed by atoms with Crippen molar-refractivity contribution in [1.82, 2.24) is 9.88 Å². The predicted octanol–water partition coefficient (Wildman–Crippen LogP) is 3.39. The Bertz CT molecular complexity index is 1040. The van der Waals surface area contributed by atoms with Gasteiger partial charge in [-0.3, -0.25) is 9.78 Å². The van der Waals surface area contributed by atoms with Gasteiger partial charge in [-0.2, -0.15) is 0 Å². The molecule has 27 heavy (non-hydrogen) atoms. The van der Waals surface area contributed by atoms with E-state index in [-0.39, 0.29) is 23.7 Å². The van der Waals surface area contributed by atoms with Gasteiger partial charge in [0, 0.05) is 25.2 Å². The molecule has 0 spiro atoms. The third-order valence-corrected chi connectivity index (χ3v) is 4.73. The Morgan fingerprint density at radius 1 is 1.22 bits per heavy atom. The molecule has 0 fully saturated rings. The highest BCUT2D eigenvalue weighted by Gasteiger charge is 2.43. The molecule has 0 saturated carbocycles. The Hall–Kier alpha value is -3.19. The van der Waals surface area contributed by atoms with E-state index in [4.69, 9.17) is 9.47 Å². The number of phenols is 1. The van der Waals surface area contributed by atoms with Crippen LogP contribution >= 0.6 is 0 Å². The first-order valence-electron chi connectivity index (χ1n) is 8.32. The number of pyridine rings is 1. The van der Waals surface area contributed by atoms with Crippen LogP contribution in [0.2, 0.25) is 0 Å². The maximum absolute atomic E-state index is 13.2. The minimum absolute atomic E-state index is 0.118. The maximum atomic E-state index is 13.2. The smallest absolute Gasteiger partial charge is 0.260 e. The van der Waals surface area contributed by atoms with Crippen LogP contribution in [0.3, 0.4) is 0 Å². The van der Waals surface area contributed by atoms with Crippen LogP contribution in [-0.2, 0) is 11.3 Å². The van der Waals surface area contributed by atoms with Gasteiger partial charge in [0.15, 0.2) is 12.0 Å². The average molecular weight is 368 g/mol. The van der Waals surface area contributed by atoms with Gasteiger partial charge in [0.1, 0.15) is 17.1 Å². The van der Waals surface area contributed by atoms with E-state index in [1.165, 1.54) is 37.4 Å². The summed E-state index contributed by atoms with van der Waals surface area (Å²) in [5.41, 5.74) is 1.61. The minimum Gasteiger partial charge on any atom is -0.505 e. The number of fused-ring (bicyclic) bond motifs is 2. The largest absolute Gasteiger partial charge is 0.505 e. The zero-order chi connectivity index (χ0) is 19.1. The molecule has 1 atom stereocenters. The van der Waals surface area contributed by atoms with Crippen LogP contribution in [-0.4, -0.2) is 35.1 Å². The number of hydrogen-bond acceptors (Lipinski definition) is 5. The van der Waals surface area contributed by atoms with Gasteiger partial charge in [-0.05, 0) is 29.8 Å². The van der Waals surface area contributed by atoms with Crippen molar-refractivity contribution in [3.8, 4) is 11.5 Å². The lowest BCUT2D eigenvalue weighted by molar-refractivity contribution is -0.0171. The van der Waals surface area contributed by atoms with Crippen molar-refractivity contribution < 1.29 is 23.8 Å².